The molecule has 0 aromatic heterocycles. The van der Waals surface area contributed by atoms with Crippen LogP contribution in [-0.2, 0) is 28.6 Å². The molecule has 1 fully saturated rings. The number of carbonyl (C=O) groups is 3. The van der Waals surface area contributed by atoms with E-state index >= 15 is 0 Å². The highest BCUT2D eigenvalue weighted by Crippen LogP contribution is 2.28. The summed E-state index contributed by atoms with van der Waals surface area (Å²) in [7, 11) is 5.54. The van der Waals surface area contributed by atoms with E-state index in [-0.39, 0.29) is 17.6 Å². The first-order valence-electron chi connectivity index (χ1n) is 6.84. The largest absolute Gasteiger partial charge is 0.469 e. The van der Waals surface area contributed by atoms with Crippen molar-refractivity contribution in [1.29, 1.82) is 0 Å². The molecule has 0 spiro atoms. The molecule has 0 N–H and O–H groups in total. The minimum absolute atomic E-state index is 0.0171. The van der Waals surface area contributed by atoms with E-state index in [1.165, 1.54) is 27.4 Å². The third kappa shape index (κ3) is 4.09. The lowest BCUT2D eigenvalue weighted by Crippen LogP contribution is -2.22. The van der Waals surface area contributed by atoms with Crippen LogP contribution in [0.25, 0.3) is 0 Å². The van der Waals surface area contributed by atoms with Gasteiger partial charge in [-0.1, -0.05) is 6.08 Å². The number of rotatable bonds is 5. The Morgan fingerprint density at radius 3 is 2.18 bits per heavy atom. The molecule has 7 nitrogen and oxygen atoms in total. The van der Waals surface area contributed by atoms with Crippen molar-refractivity contribution < 1.29 is 28.6 Å². The van der Waals surface area contributed by atoms with Gasteiger partial charge in [-0.3, -0.25) is 4.79 Å². The van der Waals surface area contributed by atoms with Crippen LogP contribution in [0.15, 0.2) is 22.9 Å². The Bertz CT molecular complexity index is 520. The van der Waals surface area contributed by atoms with Crippen LogP contribution in [0.2, 0.25) is 0 Å². The first-order chi connectivity index (χ1) is 10.5. The van der Waals surface area contributed by atoms with E-state index in [0.717, 1.165) is 13.0 Å². The Kier molecular flexibility index (Phi) is 6.62. The lowest BCUT2D eigenvalue weighted by atomic mass is 10.0. The summed E-state index contributed by atoms with van der Waals surface area (Å²) in [4.78, 5) is 37.4. The topological polar surface area (TPSA) is 82.1 Å². The summed E-state index contributed by atoms with van der Waals surface area (Å²) < 4.78 is 14.1. The second kappa shape index (κ2) is 8.21. The average Bonchev–Trinajstić information content (AvgIpc) is 2.95. The van der Waals surface area contributed by atoms with Crippen LogP contribution < -0.4 is 0 Å². The van der Waals surface area contributed by atoms with Gasteiger partial charge in [-0.25, -0.2) is 9.59 Å². The lowest BCUT2D eigenvalue weighted by Gasteiger charge is -2.18. The third-order valence-corrected chi connectivity index (χ3v) is 3.42. The number of carbonyl (C=O) groups excluding carboxylic acids is 3. The van der Waals surface area contributed by atoms with E-state index in [1.54, 1.807) is 0 Å². The molecule has 0 aromatic rings. The Balaban J connectivity index is 3.35. The summed E-state index contributed by atoms with van der Waals surface area (Å²) >= 11 is 0. The fraction of sp³-hybridized carbons (Fsp3) is 0.533. The second-order valence-electron chi connectivity index (χ2n) is 4.73. The van der Waals surface area contributed by atoms with Crippen LogP contribution >= 0.6 is 0 Å². The quantitative estimate of drug-likeness (QED) is 0.422. The Hall–Kier alpha value is -2.31. The number of likely N-dealkylation sites (tertiary alicyclic amines) is 1. The maximum atomic E-state index is 12.1. The predicted octanol–water partition coefficient (Wildman–Crippen LogP) is 0.802. The van der Waals surface area contributed by atoms with E-state index in [2.05, 4.69) is 4.74 Å². The fourth-order valence-electron chi connectivity index (χ4n) is 2.28. The summed E-state index contributed by atoms with van der Waals surface area (Å²) in [6.07, 6.45) is 2.72. The van der Waals surface area contributed by atoms with Crippen molar-refractivity contribution >= 4 is 17.9 Å². The highest BCUT2D eigenvalue weighted by Gasteiger charge is 2.29. The molecule has 1 aliphatic rings. The van der Waals surface area contributed by atoms with Gasteiger partial charge in [0.1, 0.15) is 0 Å². The van der Waals surface area contributed by atoms with Crippen LogP contribution in [0.3, 0.4) is 0 Å². The molecule has 7 heteroatoms. The summed E-state index contributed by atoms with van der Waals surface area (Å²) in [5.74, 6) is -1.85. The zero-order valence-electron chi connectivity index (χ0n) is 13.3. The van der Waals surface area contributed by atoms with E-state index < -0.39 is 17.9 Å². The van der Waals surface area contributed by atoms with Crippen molar-refractivity contribution in [2.24, 2.45) is 0 Å². The first-order valence-corrected chi connectivity index (χ1v) is 6.84. The molecule has 0 aromatic carbocycles. The van der Waals surface area contributed by atoms with Gasteiger partial charge < -0.3 is 19.1 Å². The van der Waals surface area contributed by atoms with Crippen LogP contribution in [-0.4, -0.2) is 57.7 Å². The van der Waals surface area contributed by atoms with Crippen LogP contribution in [0.4, 0.5) is 0 Å². The molecule has 0 saturated carbocycles. The Labute approximate surface area is 129 Å². The molecule has 22 heavy (non-hydrogen) atoms. The predicted molar refractivity (Wildman–Crippen MR) is 77.6 cm³/mol. The number of ether oxygens (including phenoxy) is 3. The molecule has 1 aliphatic heterocycles. The Morgan fingerprint density at radius 1 is 1.09 bits per heavy atom. The molecule has 1 heterocycles. The van der Waals surface area contributed by atoms with Gasteiger partial charge in [0.25, 0.3) is 0 Å². The van der Waals surface area contributed by atoms with E-state index in [4.69, 9.17) is 9.47 Å². The highest BCUT2D eigenvalue weighted by atomic mass is 16.5. The minimum atomic E-state index is -0.697. The van der Waals surface area contributed by atoms with Crippen LogP contribution in [0, 0.1) is 0 Å². The van der Waals surface area contributed by atoms with Crippen molar-refractivity contribution in [3.8, 4) is 0 Å². The zero-order valence-corrected chi connectivity index (χ0v) is 13.3. The molecule has 0 bridgehead atoms. The third-order valence-electron chi connectivity index (χ3n) is 3.42. The fourth-order valence-corrected chi connectivity index (χ4v) is 2.28. The monoisotopic (exact) mass is 311 g/mol. The van der Waals surface area contributed by atoms with Crippen molar-refractivity contribution in [1.82, 2.24) is 4.90 Å². The van der Waals surface area contributed by atoms with Gasteiger partial charge in [-0.05, 0) is 12.8 Å². The van der Waals surface area contributed by atoms with Gasteiger partial charge in [-0.15, -0.1) is 0 Å². The van der Waals surface area contributed by atoms with Crippen molar-refractivity contribution in [2.75, 3.05) is 34.9 Å². The van der Waals surface area contributed by atoms with Crippen molar-refractivity contribution in [3.63, 3.8) is 0 Å². The molecule has 0 atom stereocenters. The zero-order chi connectivity index (χ0) is 16.7. The summed E-state index contributed by atoms with van der Waals surface area (Å²) in [5, 5.41) is 0. The number of methoxy groups -OCH3 is 3. The smallest absolute Gasteiger partial charge is 0.340 e. The molecule has 1 rings (SSSR count). The molecule has 0 radical (unpaired) electrons. The van der Waals surface area contributed by atoms with Crippen LogP contribution in [0.1, 0.15) is 19.3 Å². The number of hydrogen-bond donors (Lipinski definition) is 0. The molecule has 1 saturated heterocycles. The van der Waals surface area contributed by atoms with Gasteiger partial charge in [0.15, 0.2) is 0 Å². The number of nitrogens with zero attached hydrogens (tertiary/aromatic N) is 1. The minimum Gasteiger partial charge on any atom is -0.469 e. The van der Waals surface area contributed by atoms with Crippen molar-refractivity contribution in [3.05, 3.63) is 22.9 Å². The Morgan fingerprint density at radius 2 is 1.73 bits per heavy atom. The van der Waals surface area contributed by atoms with Crippen molar-refractivity contribution in [2.45, 2.75) is 19.3 Å². The first kappa shape index (κ1) is 17.7. The molecule has 0 unspecified atom stereocenters. The number of allylic oxidation sites excluding steroid dienone is 1. The normalized spacial score (nSPS) is 17.1. The lowest BCUT2D eigenvalue weighted by molar-refractivity contribution is -0.140. The summed E-state index contributed by atoms with van der Waals surface area (Å²) in [6, 6.07) is 0. The average molecular weight is 311 g/mol. The maximum Gasteiger partial charge on any atom is 0.340 e. The highest BCUT2D eigenvalue weighted by molar-refractivity contribution is 6.07. The van der Waals surface area contributed by atoms with Gasteiger partial charge in [-0.2, -0.15) is 0 Å². The molecular weight excluding hydrogens is 290 g/mol. The van der Waals surface area contributed by atoms with E-state index in [0.29, 0.717) is 12.1 Å². The SMILES string of the molecule is COC(=O)C/C=C(C(=O)OC)/C(C(=O)OC)=C1\CCCN1C. The van der Waals surface area contributed by atoms with E-state index in [9.17, 15) is 14.4 Å². The summed E-state index contributed by atoms with van der Waals surface area (Å²) in [6.45, 7) is 0.779. The molecule has 0 aliphatic carbocycles. The molecule has 122 valence electrons. The van der Waals surface area contributed by atoms with E-state index in [1.807, 2.05) is 11.9 Å². The standard InChI is InChI=1S/C15H21NO6/c1-16-9-5-6-11(16)13(15(19)22-4)10(14(18)21-3)7-8-12(17)20-2/h7H,5-6,8-9H2,1-4H3/b10-7-,13-11-. The van der Waals surface area contributed by atoms with Gasteiger partial charge in [0.05, 0.1) is 38.9 Å². The maximum absolute atomic E-state index is 12.1. The van der Waals surface area contributed by atoms with Crippen LogP contribution in [0.5, 0.6) is 0 Å². The van der Waals surface area contributed by atoms with Gasteiger partial charge in [0, 0.05) is 19.3 Å². The molecule has 0 amide bonds. The summed E-state index contributed by atoms with van der Waals surface area (Å²) in [5.41, 5.74) is 0.857. The van der Waals surface area contributed by atoms with Gasteiger partial charge >= 0.3 is 17.9 Å². The molecular formula is C15H21NO6. The number of esters is 3. The van der Waals surface area contributed by atoms with Gasteiger partial charge in [0.2, 0.25) is 0 Å². The number of hydrogen-bond acceptors (Lipinski definition) is 7. The second-order valence-corrected chi connectivity index (χ2v) is 4.73.